The van der Waals surface area contributed by atoms with Crippen LogP contribution in [0.1, 0.15) is 44.7 Å². The van der Waals surface area contributed by atoms with Crippen LogP contribution >= 0.6 is 0 Å². The number of esters is 1. The van der Waals surface area contributed by atoms with Gasteiger partial charge in [-0.3, -0.25) is 19.7 Å². The first-order valence-electron chi connectivity index (χ1n) is 11.5. The van der Waals surface area contributed by atoms with Crippen LogP contribution in [0.5, 0.6) is 5.75 Å². The summed E-state index contributed by atoms with van der Waals surface area (Å²) < 4.78 is 5.73. The van der Waals surface area contributed by atoms with Gasteiger partial charge in [0.15, 0.2) is 0 Å². The Morgan fingerprint density at radius 2 is 1.47 bits per heavy atom. The summed E-state index contributed by atoms with van der Waals surface area (Å²) in [6.45, 7) is 2.84. The largest absolute Gasteiger partial charge is 0.422 e. The Kier molecular flexibility index (Phi) is 6.03. The first-order chi connectivity index (χ1) is 18.2. The molecule has 0 spiro atoms. The van der Waals surface area contributed by atoms with E-state index < -0.39 is 39.9 Å². The van der Waals surface area contributed by atoms with Gasteiger partial charge in [0.25, 0.3) is 17.5 Å². The Hall–Kier alpha value is -5.19. The molecule has 11 nitrogen and oxygen atoms in total. The Morgan fingerprint density at radius 3 is 2.03 bits per heavy atom. The van der Waals surface area contributed by atoms with Gasteiger partial charge in [0.1, 0.15) is 11.3 Å². The fraction of sp³-hybridized carbons (Fsp3) is 0.148. The van der Waals surface area contributed by atoms with Crippen molar-refractivity contribution in [1.82, 2.24) is 10.0 Å². The predicted molar refractivity (Wildman–Crippen MR) is 133 cm³/mol. The molecule has 5 rings (SSSR count). The smallest absolute Gasteiger partial charge is 0.370 e. The van der Waals surface area contributed by atoms with Crippen molar-refractivity contribution in [2.75, 3.05) is 0 Å². The Balaban J connectivity index is 1.57. The number of rotatable bonds is 5. The van der Waals surface area contributed by atoms with Gasteiger partial charge in [0.05, 0.1) is 27.1 Å². The van der Waals surface area contributed by atoms with Crippen molar-refractivity contribution in [1.29, 1.82) is 0 Å². The van der Waals surface area contributed by atoms with Gasteiger partial charge in [-0.15, -0.1) is 5.06 Å². The zero-order chi connectivity index (χ0) is 27.1. The molecule has 2 amide bonds. The topological polar surface area (TPSA) is 146 Å². The number of hydroxylamine groups is 2. The lowest BCUT2D eigenvalue weighted by Crippen LogP contribution is -2.32. The molecule has 0 aliphatic carbocycles. The number of benzene rings is 3. The molecule has 190 valence electrons. The number of nitrogens with zero attached hydrogens (tertiary/aromatic N) is 3. The Labute approximate surface area is 214 Å². The van der Waals surface area contributed by atoms with Gasteiger partial charge in [-0.2, -0.15) is 0 Å². The highest BCUT2D eigenvalue weighted by molar-refractivity contribution is 6.15. The van der Waals surface area contributed by atoms with Crippen molar-refractivity contribution < 1.29 is 33.7 Å². The number of aromatic nitrogens is 1. The molecular weight excluding hydrogens is 494 g/mol. The quantitative estimate of drug-likeness (QED) is 0.0949. The number of hydrogen-bond acceptors (Lipinski definition) is 9. The monoisotopic (exact) mass is 513 g/mol. The van der Waals surface area contributed by atoms with E-state index >= 15 is 0 Å². The van der Waals surface area contributed by atoms with Crippen LogP contribution in [0, 0.1) is 24.0 Å². The number of ether oxygens (including phenoxy) is 1. The zero-order valence-electron chi connectivity index (χ0n) is 20.2. The minimum Gasteiger partial charge on any atom is -0.422 e. The number of imide groups is 1. The minimum absolute atomic E-state index is 0.1000. The number of pyridine rings is 1. The molecule has 38 heavy (non-hydrogen) atoms. The third-order valence-corrected chi connectivity index (χ3v) is 6.24. The molecule has 0 atom stereocenters. The van der Waals surface area contributed by atoms with E-state index in [1.165, 1.54) is 13.8 Å². The predicted octanol–water partition coefficient (Wildman–Crippen LogP) is 4.35. The molecule has 1 aliphatic rings. The second-order valence-electron chi connectivity index (χ2n) is 8.67. The van der Waals surface area contributed by atoms with Gasteiger partial charge in [-0.1, -0.05) is 36.4 Å². The molecular formula is C27H19N3O8. The molecule has 0 bridgehead atoms. The van der Waals surface area contributed by atoms with Crippen molar-refractivity contribution in [3.63, 3.8) is 0 Å². The normalized spacial score (nSPS) is 13.3. The van der Waals surface area contributed by atoms with Crippen LogP contribution in [0.15, 0.2) is 54.6 Å². The Bertz CT molecular complexity index is 1640. The van der Waals surface area contributed by atoms with E-state index in [9.17, 15) is 29.3 Å². The van der Waals surface area contributed by atoms with E-state index in [0.717, 1.165) is 6.07 Å². The summed E-state index contributed by atoms with van der Waals surface area (Å²) in [7, 11) is 0. The first-order valence-corrected chi connectivity index (χ1v) is 11.5. The summed E-state index contributed by atoms with van der Waals surface area (Å²) in [5.74, 6) is -3.56. The lowest BCUT2D eigenvalue weighted by molar-refractivity contribution is -0.385. The average molecular weight is 513 g/mol. The lowest BCUT2D eigenvalue weighted by Gasteiger charge is -2.16. The lowest BCUT2D eigenvalue weighted by atomic mass is 10.0. The van der Waals surface area contributed by atoms with Crippen molar-refractivity contribution in [3.8, 4) is 5.75 Å². The molecule has 0 saturated carbocycles. The molecule has 0 radical (unpaired) electrons. The summed E-state index contributed by atoms with van der Waals surface area (Å²) >= 11 is 0. The van der Waals surface area contributed by atoms with Crippen LogP contribution in [0.25, 0.3) is 21.8 Å². The molecule has 1 aromatic heterocycles. The van der Waals surface area contributed by atoms with E-state index in [1.807, 2.05) is 0 Å². The maximum atomic E-state index is 13.6. The number of aryl methyl sites for hydroxylation is 1. The number of nitro groups is 1. The van der Waals surface area contributed by atoms with Crippen molar-refractivity contribution in [3.05, 3.63) is 87.0 Å². The van der Waals surface area contributed by atoms with Gasteiger partial charge in [-0.05, 0) is 37.6 Å². The summed E-state index contributed by atoms with van der Waals surface area (Å²) in [6.07, 6.45) is -0.251. The average Bonchev–Trinajstić information content (AvgIpc) is 3.20. The van der Waals surface area contributed by atoms with Gasteiger partial charge < -0.3 is 9.57 Å². The van der Waals surface area contributed by atoms with Gasteiger partial charge in [0, 0.05) is 23.6 Å². The van der Waals surface area contributed by atoms with Crippen LogP contribution < -0.4 is 4.74 Å². The van der Waals surface area contributed by atoms with Crippen molar-refractivity contribution in [2.45, 2.75) is 26.7 Å². The number of carbonyl (C=O) groups excluding carboxylic acids is 4. The molecule has 1 aliphatic heterocycles. The summed E-state index contributed by atoms with van der Waals surface area (Å²) in [5.41, 5.74) is 0.349. The maximum absolute atomic E-state index is 13.6. The molecule has 1 fully saturated rings. The third kappa shape index (κ3) is 4.09. The number of fused-ring (bicyclic) bond motifs is 2. The zero-order valence-corrected chi connectivity index (χ0v) is 20.2. The fourth-order valence-electron chi connectivity index (χ4n) is 4.50. The summed E-state index contributed by atoms with van der Waals surface area (Å²) in [5, 5.41) is 13.4. The minimum atomic E-state index is -1.25. The highest BCUT2D eigenvalue weighted by atomic mass is 16.7. The van der Waals surface area contributed by atoms with Crippen LogP contribution in [0.2, 0.25) is 0 Å². The molecule has 0 N–H and O–H groups in total. The van der Waals surface area contributed by atoms with Crippen LogP contribution in [0.4, 0.5) is 5.69 Å². The number of amides is 2. The second-order valence-corrected chi connectivity index (χ2v) is 8.67. The molecule has 4 aromatic rings. The summed E-state index contributed by atoms with van der Waals surface area (Å²) in [4.78, 5) is 70.6. The van der Waals surface area contributed by atoms with Gasteiger partial charge in [-0.25, -0.2) is 14.6 Å². The van der Waals surface area contributed by atoms with E-state index in [-0.39, 0.29) is 35.3 Å². The number of hydrogen-bond donors (Lipinski definition) is 0. The van der Waals surface area contributed by atoms with Gasteiger partial charge in [0.2, 0.25) is 0 Å². The molecule has 11 heteroatoms. The highest BCUT2D eigenvalue weighted by Gasteiger charge is 2.36. The second kappa shape index (κ2) is 9.36. The molecule has 1 saturated heterocycles. The Morgan fingerprint density at radius 1 is 0.921 bits per heavy atom. The SMILES string of the molecule is Cc1cc(C(=O)ON2C(=O)CCC2=O)c([N+](=O)[O-])c(C)c1OC(=O)c1c2ccccc2nc2ccccc12. The first kappa shape index (κ1) is 24.5. The van der Waals surface area contributed by atoms with Crippen LogP contribution in [-0.4, -0.2) is 38.7 Å². The molecule has 3 aromatic carbocycles. The molecule has 0 unspecified atom stereocenters. The number of para-hydroxylation sites is 2. The van der Waals surface area contributed by atoms with Gasteiger partial charge >= 0.3 is 11.9 Å². The molecule has 2 heterocycles. The van der Waals surface area contributed by atoms with E-state index in [2.05, 4.69) is 4.98 Å². The summed E-state index contributed by atoms with van der Waals surface area (Å²) in [6, 6.07) is 15.2. The van der Waals surface area contributed by atoms with E-state index in [0.29, 0.717) is 26.9 Å². The van der Waals surface area contributed by atoms with E-state index in [4.69, 9.17) is 9.57 Å². The number of carbonyl (C=O) groups is 4. The third-order valence-electron chi connectivity index (χ3n) is 6.24. The maximum Gasteiger partial charge on any atom is 0.370 e. The highest BCUT2D eigenvalue weighted by Crippen LogP contribution is 2.37. The van der Waals surface area contributed by atoms with Crippen molar-refractivity contribution >= 4 is 51.2 Å². The van der Waals surface area contributed by atoms with E-state index in [1.54, 1.807) is 48.5 Å². The fourth-order valence-corrected chi connectivity index (χ4v) is 4.50. The van der Waals surface area contributed by atoms with Crippen molar-refractivity contribution in [2.24, 2.45) is 0 Å². The van der Waals surface area contributed by atoms with Crippen LogP contribution in [0.3, 0.4) is 0 Å². The standard InChI is InChI=1S/C27H19N3O8/c1-14-13-18(26(33)38-29-21(31)11-12-22(29)32)24(30(35)36)15(2)25(14)37-27(34)23-16-7-3-5-9-19(16)28-20-10-6-4-8-17(20)23/h3-10,13H,11-12H2,1-2H3. The van der Waals surface area contributed by atoms with Crippen LogP contribution in [-0.2, 0) is 14.4 Å². The number of nitro benzene ring substituents is 1.